The Balaban J connectivity index is 1.95. The molecule has 0 atom stereocenters. The first-order valence-corrected chi connectivity index (χ1v) is 5.82. The van der Waals surface area contributed by atoms with Crippen molar-refractivity contribution in [3.8, 4) is 0 Å². The molecule has 0 radical (unpaired) electrons. The smallest absolute Gasteiger partial charge is 0.224 e. The van der Waals surface area contributed by atoms with Gasteiger partial charge < -0.3 is 5.32 Å². The van der Waals surface area contributed by atoms with Crippen LogP contribution in [0.4, 0.5) is 0 Å². The predicted octanol–water partition coefficient (Wildman–Crippen LogP) is 0.619. The molecular weight excluding hydrogens is 230 g/mol. The molecule has 18 heavy (non-hydrogen) atoms. The normalized spacial score (nSPS) is 10.6. The van der Waals surface area contributed by atoms with Crippen LogP contribution in [-0.4, -0.2) is 25.9 Å². The first-order chi connectivity index (χ1) is 8.58. The maximum Gasteiger partial charge on any atom is 0.224 e. The van der Waals surface area contributed by atoms with Crippen molar-refractivity contribution in [3.63, 3.8) is 0 Å². The average molecular weight is 247 g/mol. The summed E-state index contributed by atoms with van der Waals surface area (Å²) in [6.45, 7) is 4.36. The zero-order valence-electron chi connectivity index (χ0n) is 10.8. The van der Waals surface area contributed by atoms with E-state index in [1.165, 1.54) is 0 Å². The summed E-state index contributed by atoms with van der Waals surface area (Å²) >= 11 is 0. The summed E-state index contributed by atoms with van der Waals surface area (Å²) in [5.41, 5.74) is 3.83. The molecule has 1 amide bonds. The van der Waals surface area contributed by atoms with Gasteiger partial charge in [-0.2, -0.15) is 10.2 Å². The number of rotatable bonds is 4. The quantitative estimate of drug-likeness (QED) is 0.831. The fraction of sp³-hybridized carbons (Fsp3) is 0.417. The number of carbonyl (C=O) groups excluding carboxylic acids is 1. The van der Waals surface area contributed by atoms with E-state index >= 15 is 0 Å². The molecule has 0 saturated heterocycles. The molecule has 6 nitrogen and oxygen atoms in total. The van der Waals surface area contributed by atoms with E-state index in [1.54, 1.807) is 10.9 Å². The first kappa shape index (κ1) is 12.3. The highest BCUT2D eigenvalue weighted by molar-refractivity contribution is 5.79. The van der Waals surface area contributed by atoms with Gasteiger partial charge in [-0.1, -0.05) is 0 Å². The molecule has 96 valence electrons. The first-order valence-electron chi connectivity index (χ1n) is 5.82. The number of aromatic nitrogens is 4. The van der Waals surface area contributed by atoms with E-state index in [0.29, 0.717) is 13.0 Å². The zero-order valence-corrected chi connectivity index (χ0v) is 10.8. The van der Waals surface area contributed by atoms with Crippen LogP contribution >= 0.6 is 0 Å². The number of nitrogens with zero attached hydrogens (tertiary/aromatic N) is 3. The van der Waals surface area contributed by atoms with Crippen molar-refractivity contribution in [2.24, 2.45) is 7.05 Å². The predicted molar refractivity (Wildman–Crippen MR) is 66.8 cm³/mol. The maximum absolute atomic E-state index is 11.8. The topological polar surface area (TPSA) is 75.6 Å². The van der Waals surface area contributed by atoms with E-state index in [-0.39, 0.29) is 5.91 Å². The number of nitrogens with one attached hydrogen (secondary N) is 2. The molecule has 0 aliphatic heterocycles. The molecule has 2 rings (SSSR count). The van der Waals surface area contributed by atoms with Crippen molar-refractivity contribution in [1.29, 1.82) is 0 Å². The lowest BCUT2D eigenvalue weighted by atomic mass is 10.1. The van der Waals surface area contributed by atoms with Crippen molar-refractivity contribution in [2.45, 2.75) is 26.8 Å². The summed E-state index contributed by atoms with van der Waals surface area (Å²) in [5.74, 6) is -0.0104. The highest BCUT2D eigenvalue weighted by Crippen LogP contribution is 2.12. The van der Waals surface area contributed by atoms with Crippen molar-refractivity contribution in [1.82, 2.24) is 25.3 Å². The number of hydrogen-bond donors (Lipinski definition) is 2. The van der Waals surface area contributed by atoms with Gasteiger partial charge in [-0.15, -0.1) is 0 Å². The van der Waals surface area contributed by atoms with Gasteiger partial charge in [0, 0.05) is 24.5 Å². The molecule has 0 bridgehead atoms. The number of H-pyrrole nitrogens is 1. The van der Waals surface area contributed by atoms with E-state index in [9.17, 15) is 4.79 Å². The molecule has 0 aliphatic carbocycles. The minimum absolute atomic E-state index is 0.0104. The minimum atomic E-state index is -0.0104. The van der Waals surface area contributed by atoms with Crippen molar-refractivity contribution in [3.05, 3.63) is 34.9 Å². The molecule has 0 saturated carbocycles. The molecule has 0 fully saturated rings. The largest absolute Gasteiger partial charge is 0.350 e. The lowest BCUT2D eigenvalue weighted by molar-refractivity contribution is -0.120. The summed E-state index contributed by atoms with van der Waals surface area (Å²) in [6, 6.07) is 1.83. The van der Waals surface area contributed by atoms with E-state index in [1.807, 2.05) is 27.0 Å². The van der Waals surface area contributed by atoms with Crippen LogP contribution in [0.15, 0.2) is 12.3 Å². The number of hydrogen-bond acceptors (Lipinski definition) is 3. The standard InChI is InChI=1S/C12H17N5O/c1-8-11(9(2)17(3)16-8)6-12(18)13-7-10-4-5-14-15-10/h4-5H,6-7H2,1-3H3,(H,13,18)(H,14,15). The lowest BCUT2D eigenvalue weighted by Gasteiger charge is -2.04. The fourth-order valence-corrected chi connectivity index (χ4v) is 1.87. The monoisotopic (exact) mass is 247 g/mol. The van der Waals surface area contributed by atoms with E-state index in [2.05, 4.69) is 20.6 Å². The third-order valence-electron chi connectivity index (χ3n) is 3.03. The van der Waals surface area contributed by atoms with Crippen LogP contribution in [0.25, 0.3) is 0 Å². The molecule has 0 unspecified atom stereocenters. The van der Waals surface area contributed by atoms with E-state index < -0.39 is 0 Å². The van der Waals surface area contributed by atoms with Gasteiger partial charge in [0.15, 0.2) is 0 Å². The molecule has 0 spiro atoms. The summed E-state index contributed by atoms with van der Waals surface area (Å²) in [6.07, 6.45) is 2.02. The Kier molecular flexibility index (Phi) is 3.45. The Bertz CT molecular complexity index is 541. The van der Waals surface area contributed by atoms with Crippen LogP contribution in [0.1, 0.15) is 22.6 Å². The summed E-state index contributed by atoms with van der Waals surface area (Å²) in [7, 11) is 1.88. The number of amides is 1. The molecule has 0 aromatic carbocycles. The maximum atomic E-state index is 11.8. The highest BCUT2D eigenvalue weighted by Gasteiger charge is 2.13. The lowest BCUT2D eigenvalue weighted by Crippen LogP contribution is -2.25. The molecule has 2 aromatic heterocycles. The van der Waals surface area contributed by atoms with Crippen LogP contribution in [0.2, 0.25) is 0 Å². The third kappa shape index (κ3) is 2.58. The van der Waals surface area contributed by atoms with E-state index in [0.717, 1.165) is 22.6 Å². The SMILES string of the molecule is Cc1nn(C)c(C)c1CC(=O)NCc1ccn[nH]1. The zero-order chi connectivity index (χ0) is 13.1. The minimum Gasteiger partial charge on any atom is -0.350 e. The van der Waals surface area contributed by atoms with Crippen LogP contribution in [-0.2, 0) is 24.8 Å². The molecular formula is C12H17N5O. The van der Waals surface area contributed by atoms with Crippen molar-refractivity contribution < 1.29 is 4.79 Å². The van der Waals surface area contributed by atoms with Gasteiger partial charge in [-0.3, -0.25) is 14.6 Å². The Morgan fingerprint density at radius 1 is 1.50 bits per heavy atom. The van der Waals surface area contributed by atoms with Crippen molar-refractivity contribution in [2.75, 3.05) is 0 Å². The van der Waals surface area contributed by atoms with Gasteiger partial charge in [0.2, 0.25) is 5.91 Å². The number of aryl methyl sites for hydroxylation is 2. The summed E-state index contributed by atoms with van der Waals surface area (Å²) < 4.78 is 1.80. The van der Waals surface area contributed by atoms with Crippen LogP contribution in [0.3, 0.4) is 0 Å². The van der Waals surface area contributed by atoms with Crippen LogP contribution in [0, 0.1) is 13.8 Å². The molecule has 2 aromatic rings. The van der Waals surface area contributed by atoms with Gasteiger partial charge in [0.25, 0.3) is 0 Å². The Morgan fingerprint density at radius 2 is 2.28 bits per heavy atom. The second kappa shape index (κ2) is 5.03. The van der Waals surface area contributed by atoms with Gasteiger partial charge in [0.05, 0.1) is 24.4 Å². The second-order valence-electron chi connectivity index (χ2n) is 4.31. The third-order valence-corrected chi connectivity index (χ3v) is 3.03. The molecule has 6 heteroatoms. The molecule has 2 N–H and O–H groups in total. The van der Waals surface area contributed by atoms with Gasteiger partial charge in [-0.05, 0) is 19.9 Å². The highest BCUT2D eigenvalue weighted by atomic mass is 16.1. The van der Waals surface area contributed by atoms with Crippen LogP contribution in [0.5, 0.6) is 0 Å². The Morgan fingerprint density at radius 3 is 2.83 bits per heavy atom. The van der Waals surface area contributed by atoms with E-state index in [4.69, 9.17) is 0 Å². The summed E-state index contributed by atoms with van der Waals surface area (Å²) in [5, 5.41) is 13.8. The Labute approximate surface area is 105 Å². The fourth-order valence-electron chi connectivity index (χ4n) is 1.87. The van der Waals surface area contributed by atoms with Crippen LogP contribution < -0.4 is 5.32 Å². The number of carbonyl (C=O) groups is 1. The Hall–Kier alpha value is -2.11. The molecule has 2 heterocycles. The summed E-state index contributed by atoms with van der Waals surface area (Å²) in [4.78, 5) is 11.8. The second-order valence-corrected chi connectivity index (χ2v) is 4.31. The van der Waals surface area contributed by atoms with Gasteiger partial charge >= 0.3 is 0 Å². The van der Waals surface area contributed by atoms with Gasteiger partial charge in [0.1, 0.15) is 0 Å². The average Bonchev–Trinajstić information content (AvgIpc) is 2.92. The number of aromatic amines is 1. The van der Waals surface area contributed by atoms with Crippen molar-refractivity contribution >= 4 is 5.91 Å². The van der Waals surface area contributed by atoms with Gasteiger partial charge in [-0.25, -0.2) is 0 Å². The molecule has 0 aliphatic rings.